The average Bonchev–Trinajstić information content (AvgIpc) is 2.60. The SMILES string of the molecule is CCOC1CC(N)(C(=O)Nc2cccc(NC(=O)C(C)OC)c2)C1(C)C.Cl. The Morgan fingerprint density at radius 2 is 1.89 bits per heavy atom. The van der Waals surface area contributed by atoms with Gasteiger partial charge in [0.1, 0.15) is 11.6 Å². The molecular formula is C19H30ClN3O4. The second-order valence-corrected chi connectivity index (χ2v) is 7.24. The van der Waals surface area contributed by atoms with E-state index in [0.717, 1.165) is 0 Å². The van der Waals surface area contributed by atoms with Gasteiger partial charge in [0.25, 0.3) is 5.91 Å². The van der Waals surface area contributed by atoms with Gasteiger partial charge in [-0.1, -0.05) is 19.9 Å². The molecule has 1 aliphatic rings. The number of benzene rings is 1. The number of halogens is 1. The third-order valence-corrected chi connectivity index (χ3v) is 5.35. The highest BCUT2D eigenvalue weighted by Crippen LogP contribution is 2.50. The van der Waals surface area contributed by atoms with Gasteiger partial charge in [-0.25, -0.2) is 0 Å². The number of nitrogens with two attached hydrogens (primary N) is 1. The first-order valence-electron chi connectivity index (χ1n) is 8.81. The summed E-state index contributed by atoms with van der Waals surface area (Å²) in [7, 11) is 1.47. The monoisotopic (exact) mass is 399 g/mol. The Hall–Kier alpha value is -1.67. The summed E-state index contributed by atoms with van der Waals surface area (Å²) >= 11 is 0. The van der Waals surface area contributed by atoms with E-state index in [1.165, 1.54) is 7.11 Å². The summed E-state index contributed by atoms with van der Waals surface area (Å²) < 4.78 is 10.7. The first kappa shape index (κ1) is 23.4. The molecule has 7 nitrogen and oxygen atoms in total. The Balaban J connectivity index is 0.00000364. The zero-order valence-corrected chi connectivity index (χ0v) is 17.3. The second-order valence-electron chi connectivity index (χ2n) is 7.24. The molecule has 0 saturated heterocycles. The fourth-order valence-electron chi connectivity index (χ4n) is 3.09. The van der Waals surface area contributed by atoms with Gasteiger partial charge < -0.3 is 25.8 Å². The average molecular weight is 400 g/mol. The molecule has 8 heteroatoms. The van der Waals surface area contributed by atoms with Gasteiger partial charge >= 0.3 is 0 Å². The normalized spacial score (nSPS) is 24.1. The van der Waals surface area contributed by atoms with Crippen LogP contribution in [0.4, 0.5) is 11.4 Å². The lowest BCUT2D eigenvalue weighted by molar-refractivity contribution is -0.166. The van der Waals surface area contributed by atoms with Gasteiger partial charge in [-0.15, -0.1) is 12.4 Å². The highest BCUT2D eigenvalue weighted by molar-refractivity contribution is 6.00. The molecule has 2 amide bonds. The quantitative estimate of drug-likeness (QED) is 0.653. The third kappa shape index (κ3) is 4.60. The van der Waals surface area contributed by atoms with Crippen LogP contribution in [-0.4, -0.2) is 43.3 Å². The van der Waals surface area contributed by atoms with Crippen molar-refractivity contribution in [2.24, 2.45) is 11.1 Å². The summed E-state index contributed by atoms with van der Waals surface area (Å²) in [6, 6.07) is 6.93. The summed E-state index contributed by atoms with van der Waals surface area (Å²) in [5.74, 6) is -0.516. The molecule has 1 saturated carbocycles. The van der Waals surface area contributed by atoms with Crippen molar-refractivity contribution in [2.75, 3.05) is 24.4 Å². The summed E-state index contributed by atoms with van der Waals surface area (Å²) in [4.78, 5) is 24.7. The van der Waals surface area contributed by atoms with Crippen molar-refractivity contribution in [1.82, 2.24) is 0 Å². The number of hydrogen-bond acceptors (Lipinski definition) is 5. The number of rotatable bonds is 7. The molecule has 0 heterocycles. The van der Waals surface area contributed by atoms with Gasteiger partial charge in [0.05, 0.1) is 6.10 Å². The molecule has 0 aromatic heterocycles. The van der Waals surface area contributed by atoms with Crippen LogP contribution in [0, 0.1) is 5.41 Å². The van der Waals surface area contributed by atoms with E-state index in [9.17, 15) is 9.59 Å². The van der Waals surface area contributed by atoms with E-state index in [1.54, 1.807) is 31.2 Å². The summed E-state index contributed by atoms with van der Waals surface area (Å²) in [5, 5.41) is 5.60. The van der Waals surface area contributed by atoms with Crippen LogP contribution >= 0.6 is 12.4 Å². The number of methoxy groups -OCH3 is 1. The van der Waals surface area contributed by atoms with Gasteiger partial charge in [-0.3, -0.25) is 9.59 Å². The van der Waals surface area contributed by atoms with Crippen LogP contribution in [0.5, 0.6) is 0 Å². The maximum absolute atomic E-state index is 12.8. The zero-order valence-electron chi connectivity index (χ0n) is 16.5. The molecule has 1 aliphatic carbocycles. The zero-order chi connectivity index (χ0) is 19.5. The number of anilines is 2. The van der Waals surface area contributed by atoms with Gasteiger partial charge in [0, 0.05) is 36.9 Å². The number of carbonyl (C=O) groups excluding carboxylic acids is 2. The minimum Gasteiger partial charge on any atom is -0.378 e. The van der Waals surface area contributed by atoms with Gasteiger partial charge in [-0.2, -0.15) is 0 Å². The van der Waals surface area contributed by atoms with Crippen molar-refractivity contribution in [1.29, 1.82) is 0 Å². The lowest BCUT2D eigenvalue weighted by Crippen LogP contribution is -2.74. The van der Waals surface area contributed by atoms with Crippen LogP contribution in [0.25, 0.3) is 0 Å². The third-order valence-electron chi connectivity index (χ3n) is 5.35. The summed E-state index contributed by atoms with van der Waals surface area (Å²) in [6.45, 7) is 8.06. The van der Waals surface area contributed by atoms with Crippen molar-refractivity contribution in [3.8, 4) is 0 Å². The minimum atomic E-state index is -1.00. The number of carbonyl (C=O) groups is 2. The molecule has 2 rings (SSSR count). The molecule has 1 aromatic rings. The molecule has 152 valence electrons. The standard InChI is InChI=1S/C19H29N3O4.ClH/c1-6-26-15-11-19(20,18(15,3)4)17(24)22-14-9-7-8-13(10-14)21-16(23)12(2)25-5;/h7-10,12,15H,6,11,20H2,1-5H3,(H,21,23)(H,22,24);1H. The van der Waals surface area contributed by atoms with E-state index in [0.29, 0.717) is 24.4 Å². The minimum absolute atomic E-state index is 0. The molecule has 0 bridgehead atoms. The number of hydrogen-bond donors (Lipinski definition) is 3. The van der Waals surface area contributed by atoms with Crippen LogP contribution in [0.3, 0.4) is 0 Å². The van der Waals surface area contributed by atoms with E-state index in [1.807, 2.05) is 20.8 Å². The van der Waals surface area contributed by atoms with Gasteiger partial charge in [-0.05, 0) is 32.0 Å². The maximum Gasteiger partial charge on any atom is 0.253 e. The number of amides is 2. The molecular weight excluding hydrogens is 370 g/mol. The fourth-order valence-corrected chi connectivity index (χ4v) is 3.09. The molecule has 1 aromatic carbocycles. The van der Waals surface area contributed by atoms with Crippen LogP contribution < -0.4 is 16.4 Å². The van der Waals surface area contributed by atoms with Crippen molar-refractivity contribution >= 4 is 35.6 Å². The first-order valence-corrected chi connectivity index (χ1v) is 8.81. The highest BCUT2D eigenvalue weighted by Gasteiger charge is 2.62. The summed E-state index contributed by atoms with van der Waals surface area (Å²) in [6.07, 6.45) is -0.127. The van der Waals surface area contributed by atoms with Gasteiger partial charge in [0.15, 0.2) is 0 Å². The predicted octanol–water partition coefficient (Wildman–Crippen LogP) is 2.55. The largest absolute Gasteiger partial charge is 0.378 e. The van der Waals surface area contributed by atoms with Crippen LogP contribution in [0.1, 0.15) is 34.1 Å². The highest BCUT2D eigenvalue weighted by atomic mass is 35.5. The van der Waals surface area contributed by atoms with E-state index >= 15 is 0 Å². The molecule has 0 aliphatic heterocycles. The number of ether oxygens (including phenoxy) is 2. The molecule has 1 fully saturated rings. The van der Waals surface area contributed by atoms with Crippen LogP contribution in [0.15, 0.2) is 24.3 Å². The molecule has 27 heavy (non-hydrogen) atoms. The summed E-state index contributed by atoms with van der Waals surface area (Å²) in [5.41, 5.74) is 6.06. The Kier molecular flexibility index (Phi) is 7.80. The van der Waals surface area contributed by atoms with E-state index in [-0.39, 0.29) is 30.3 Å². The lowest BCUT2D eigenvalue weighted by Gasteiger charge is -2.57. The second kappa shape index (κ2) is 9.01. The van der Waals surface area contributed by atoms with Crippen LogP contribution in [0.2, 0.25) is 0 Å². The fraction of sp³-hybridized carbons (Fsp3) is 0.579. The smallest absolute Gasteiger partial charge is 0.253 e. The Bertz CT molecular complexity index is 683. The van der Waals surface area contributed by atoms with E-state index < -0.39 is 17.1 Å². The molecule has 0 radical (unpaired) electrons. The maximum atomic E-state index is 12.8. The molecule has 3 unspecified atom stereocenters. The number of nitrogens with one attached hydrogen (secondary N) is 2. The molecule has 3 atom stereocenters. The predicted molar refractivity (Wildman–Crippen MR) is 108 cm³/mol. The Labute approximate surface area is 166 Å². The Morgan fingerprint density at radius 1 is 1.30 bits per heavy atom. The van der Waals surface area contributed by atoms with E-state index in [2.05, 4.69) is 10.6 Å². The Morgan fingerprint density at radius 3 is 2.41 bits per heavy atom. The van der Waals surface area contributed by atoms with Crippen molar-refractivity contribution < 1.29 is 19.1 Å². The molecule has 4 N–H and O–H groups in total. The topological polar surface area (TPSA) is 103 Å². The van der Waals surface area contributed by atoms with Gasteiger partial charge in [0.2, 0.25) is 5.91 Å². The van der Waals surface area contributed by atoms with Crippen molar-refractivity contribution in [3.05, 3.63) is 24.3 Å². The van der Waals surface area contributed by atoms with Crippen LogP contribution in [-0.2, 0) is 19.1 Å². The van der Waals surface area contributed by atoms with E-state index in [4.69, 9.17) is 15.2 Å². The first-order chi connectivity index (χ1) is 12.2. The lowest BCUT2D eigenvalue weighted by atomic mass is 9.54. The van der Waals surface area contributed by atoms with Crippen molar-refractivity contribution in [2.45, 2.75) is 51.9 Å². The van der Waals surface area contributed by atoms with Crippen molar-refractivity contribution in [3.63, 3.8) is 0 Å². The molecule has 0 spiro atoms.